The van der Waals surface area contributed by atoms with Crippen molar-refractivity contribution in [1.29, 1.82) is 0 Å². The Morgan fingerprint density at radius 3 is 2.33 bits per heavy atom. The maximum atomic E-state index is 9.41. The first-order chi connectivity index (χ1) is 11.1. The molecule has 24 heavy (non-hydrogen) atoms. The number of hydrogen-bond donors (Lipinski definition) is 1. The van der Waals surface area contributed by atoms with Gasteiger partial charge < -0.3 is 5.11 Å². The maximum Gasteiger partial charge on any atom is 0.134 e. The molecular formula is C20H24N2OS. The minimum absolute atomic E-state index is 0.0274. The molecule has 0 atom stereocenters. The molecule has 0 radical (unpaired) electrons. The Bertz CT molecular complexity index is 779. The van der Waals surface area contributed by atoms with Gasteiger partial charge in [-0.1, -0.05) is 46.9 Å². The molecule has 3 rings (SSSR count). The van der Waals surface area contributed by atoms with Crippen LogP contribution in [0.1, 0.15) is 67.4 Å². The smallest absolute Gasteiger partial charge is 0.134 e. The third-order valence-electron chi connectivity index (χ3n) is 4.92. The molecular weight excluding hydrogens is 316 g/mol. The first-order valence-corrected chi connectivity index (χ1v) is 8.99. The van der Waals surface area contributed by atoms with Gasteiger partial charge in [-0.15, -0.1) is 11.3 Å². The van der Waals surface area contributed by atoms with Gasteiger partial charge in [-0.2, -0.15) is 0 Å². The summed E-state index contributed by atoms with van der Waals surface area (Å²) in [6.45, 7) is 16.9. The van der Waals surface area contributed by atoms with Crippen LogP contribution in [0.4, 0.5) is 0 Å². The van der Waals surface area contributed by atoms with Crippen LogP contribution in [-0.2, 0) is 10.8 Å². The van der Waals surface area contributed by atoms with Gasteiger partial charge in [0.15, 0.2) is 0 Å². The van der Waals surface area contributed by atoms with E-state index in [4.69, 9.17) is 4.98 Å². The SMILES string of the molecule is C=C(O)c1ccc(C(=C)c2nc3c(s2)C(C)(C)CCC3(C)C)cn1. The van der Waals surface area contributed by atoms with Crippen LogP contribution in [0.5, 0.6) is 0 Å². The van der Waals surface area contributed by atoms with Crippen molar-refractivity contribution in [2.75, 3.05) is 0 Å². The van der Waals surface area contributed by atoms with Gasteiger partial charge in [-0.25, -0.2) is 4.98 Å². The number of aliphatic hydroxyl groups is 1. The minimum Gasteiger partial charge on any atom is -0.506 e. The molecule has 0 amide bonds. The monoisotopic (exact) mass is 340 g/mol. The van der Waals surface area contributed by atoms with E-state index in [1.54, 1.807) is 23.6 Å². The van der Waals surface area contributed by atoms with Crippen molar-refractivity contribution in [2.45, 2.75) is 51.4 Å². The van der Waals surface area contributed by atoms with Crippen molar-refractivity contribution < 1.29 is 5.11 Å². The largest absolute Gasteiger partial charge is 0.506 e. The standard InChI is InChI=1S/C20H24N2OS/c1-12(14-7-8-15(13(2)23)21-11-14)18-22-16-17(24-18)20(5,6)10-9-19(16,3)4/h7-8,11,23H,1-2,9-10H2,3-6H3. The van der Waals surface area contributed by atoms with Crippen LogP contribution < -0.4 is 0 Å². The van der Waals surface area contributed by atoms with Gasteiger partial charge >= 0.3 is 0 Å². The van der Waals surface area contributed by atoms with Crippen molar-refractivity contribution in [3.8, 4) is 0 Å². The molecule has 0 saturated carbocycles. The molecule has 0 bridgehead atoms. The third kappa shape index (κ3) is 2.80. The zero-order valence-electron chi connectivity index (χ0n) is 14.8. The molecule has 2 heterocycles. The van der Waals surface area contributed by atoms with E-state index >= 15 is 0 Å². The average Bonchev–Trinajstić information content (AvgIpc) is 2.99. The Morgan fingerprint density at radius 2 is 1.79 bits per heavy atom. The summed E-state index contributed by atoms with van der Waals surface area (Å²) in [4.78, 5) is 10.6. The normalized spacial score (nSPS) is 18.0. The molecule has 2 aromatic rings. The molecule has 2 aromatic heterocycles. The third-order valence-corrected chi connectivity index (χ3v) is 6.40. The summed E-state index contributed by atoms with van der Waals surface area (Å²) in [7, 11) is 0. The number of rotatable bonds is 3. The second kappa shape index (κ2) is 5.55. The van der Waals surface area contributed by atoms with E-state index in [1.165, 1.54) is 17.0 Å². The molecule has 1 aliphatic carbocycles. The topological polar surface area (TPSA) is 46.0 Å². The summed E-state index contributed by atoms with van der Waals surface area (Å²) in [6, 6.07) is 3.66. The van der Waals surface area contributed by atoms with Crippen molar-refractivity contribution in [2.24, 2.45) is 0 Å². The Labute approximate surface area is 147 Å². The number of nitrogens with zero attached hydrogens (tertiary/aromatic N) is 2. The van der Waals surface area contributed by atoms with Gasteiger partial charge in [0.05, 0.1) is 5.69 Å². The molecule has 0 saturated heterocycles. The van der Waals surface area contributed by atoms with E-state index in [2.05, 4.69) is 45.8 Å². The highest BCUT2D eigenvalue weighted by molar-refractivity contribution is 7.13. The first kappa shape index (κ1) is 16.9. The molecule has 0 spiro atoms. The van der Waals surface area contributed by atoms with E-state index < -0.39 is 0 Å². The molecule has 126 valence electrons. The van der Waals surface area contributed by atoms with Crippen LogP contribution in [0.15, 0.2) is 31.5 Å². The van der Waals surface area contributed by atoms with Crippen LogP contribution in [0.25, 0.3) is 11.3 Å². The van der Waals surface area contributed by atoms with Gasteiger partial charge in [0.25, 0.3) is 0 Å². The second-order valence-corrected chi connectivity index (χ2v) is 8.82. The minimum atomic E-state index is -0.0274. The summed E-state index contributed by atoms with van der Waals surface area (Å²) in [5.74, 6) is -0.0274. The van der Waals surface area contributed by atoms with Gasteiger partial charge in [-0.3, -0.25) is 4.98 Å². The molecule has 0 unspecified atom stereocenters. The predicted octanol–water partition coefficient (Wildman–Crippen LogP) is 5.48. The fourth-order valence-electron chi connectivity index (χ4n) is 3.09. The van der Waals surface area contributed by atoms with E-state index in [0.29, 0.717) is 5.69 Å². The lowest BCUT2D eigenvalue weighted by Gasteiger charge is -2.37. The number of aromatic nitrogens is 2. The molecule has 0 fully saturated rings. The Hall–Kier alpha value is -1.94. The first-order valence-electron chi connectivity index (χ1n) is 8.17. The molecule has 1 N–H and O–H groups in total. The molecule has 1 aliphatic rings. The van der Waals surface area contributed by atoms with Crippen LogP contribution >= 0.6 is 11.3 Å². The number of fused-ring (bicyclic) bond motifs is 1. The summed E-state index contributed by atoms with van der Waals surface area (Å²) in [5, 5.41) is 10.4. The molecule has 0 aromatic carbocycles. The Kier molecular flexibility index (Phi) is 3.91. The van der Waals surface area contributed by atoms with Gasteiger partial charge in [0.2, 0.25) is 0 Å². The predicted molar refractivity (Wildman–Crippen MR) is 101 cm³/mol. The number of thiazole rings is 1. The quantitative estimate of drug-likeness (QED) is 0.753. The highest BCUT2D eigenvalue weighted by atomic mass is 32.1. The number of pyridine rings is 1. The lowest BCUT2D eigenvalue weighted by molar-refractivity contribution is 0.331. The van der Waals surface area contributed by atoms with Crippen molar-refractivity contribution in [3.05, 3.63) is 58.3 Å². The molecule has 4 heteroatoms. The summed E-state index contributed by atoms with van der Waals surface area (Å²) in [6.07, 6.45) is 4.04. The van der Waals surface area contributed by atoms with Crippen molar-refractivity contribution in [3.63, 3.8) is 0 Å². The van der Waals surface area contributed by atoms with Crippen molar-refractivity contribution in [1.82, 2.24) is 9.97 Å². The number of aliphatic hydroxyl groups excluding tert-OH is 1. The van der Waals surface area contributed by atoms with E-state index in [9.17, 15) is 5.11 Å². The zero-order valence-corrected chi connectivity index (χ0v) is 15.6. The summed E-state index contributed by atoms with van der Waals surface area (Å²) in [5.41, 5.74) is 3.76. The fourth-order valence-corrected chi connectivity index (χ4v) is 4.46. The highest BCUT2D eigenvalue weighted by Crippen LogP contribution is 2.48. The average molecular weight is 340 g/mol. The maximum absolute atomic E-state index is 9.41. The van der Waals surface area contributed by atoms with Crippen LogP contribution in [0.2, 0.25) is 0 Å². The van der Waals surface area contributed by atoms with Crippen LogP contribution in [0, 0.1) is 0 Å². The van der Waals surface area contributed by atoms with Gasteiger partial charge in [0.1, 0.15) is 16.5 Å². The molecule has 0 aliphatic heterocycles. The Balaban J connectivity index is 2.00. The van der Waals surface area contributed by atoms with Crippen molar-refractivity contribution >= 4 is 22.7 Å². The van der Waals surface area contributed by atoms with Crippen LogP contribution in [0.3, 0.4) is 0 Å². The van der Waals surface area contributed by atoms with Crippen LogP contribution in [-0.4, -0.2) is 15.1 Å². The lowest BCUT2D eigenvalue weighted by atomic mass is 9.69. The highest BCUT2D eigenvalue weighted by Gasteiger charge is 2.40. The second-order valence-electron chi connectivity index (χ2n) is 7.82. The zero-order chi connectivity index (χ0) is 17.7. The lowest BCUT2D eigenvalue weighted by Crippen LogP contribution is -2.32. The van der Waals surface area contributed by atoms with E-state index in [0.717, 1.165) is 22.6 Å². The number of hydrogen-bond acceptors (Lipinski definition) is 4. The summed E-state index contributed by atoms with van der Waals surface area (Å²) >= 11 is 1.75. The summed E-state index contributed by atoms with van der Waals surface area (Å²) < 4.78 is 0. The van der Waals surface area contributed by atoms with E-state index in [1.807, 2.05) is 6.07 Å². The fraction of sp³-hybridized carbons (Fsp3) is 0.400. The molecule has 3 nitrogen and oxygen atoms in total. The van der Waals surface area contributed by atoms with Gasteiger partial charge in [-0.05, 0) is 18.9 Å². The Morgan fingerprint density at radius 1 is 1.12 bits per heavy atom. The van der Waals surface area contributed by atoms with E-state index in [-0.39, 0.29) is 16.6 Å². The van der Waals surface area contributed by atoms with Gasteiger partial charge in [0, 0.05) is 33.0 Å².